The maximum absolute atomic E-state index is 6.47. The SMILES string of the molecule is CC1(C)OB(C2=c3sc4ccc(-c5nc(-c6ccccc6)nc(-c6ccccc6)n5)cc4c3=CCC2)OC1(C)C. The summed E-state index contributed by atoms with van der Waals surface area (Å²) in [7, 11) is -0.324. The molecule has 3 heterocycles. The fourth-order valence-electron chi connectivity index (χ4n) is 5.33. The highest BCUT2D eigenvalue weighted by atomic mass is 32.1. The van der Waals surface area contributed by atoms with Crippen molar-refractivity contribution >= 4 is 40.1 Å². The summed E-state index contributed by atoms with van der Waals surface area (Å²) in [6.45, 7) is 8.46. The summed E-state index contributed by atoms with van der Waals surface area (Å²) in [6, 6.07) is 26.7. The van der Waals surface area contributed by atoms with Crippen LogP contribution >= 0.6 is 11.3 Å². The van der Waals surface area contributed by atoms with E-state index in [2.05, 4.69) is 52.0 Å². The predicted molar refractivity (Wildman–Crippen MR) is 164 cm³/mol. The third-order valence-corrected chi connectivity index (χ3v) is 9.54. The van der Waals surface area contributed by atoms with Crippen LogP contribution in [0, 0.1) is 0 Å². The van der Waals surface area contributed by atoms with Crippen molar-refractivity contribution in [1.29, 1.82) is 0 Å². The van der Waals surface area contributed by atoms with Crippen molar-refractivity contribution in [2.45, 2.75) is 51.7 Å². The second-order valence-electron chi connectivity index (χ2n) is 11.5. The molecule has 1 fully saturated rings. The Bertz CT molecular complexity index is 1790. The van der Waals surface area contributed by atoms with Crippen LogP contribution in [0.1, 0.15) is 40.5 Å². The van der Waals surface area contributed by atoms with Crippen LogP contribution in [0.15, 0.2) is 78.9 Å². The molecule has 3 aromatic carbocycles. The van der Waals surface area contributed by atoms with Crippen molar-refractivity contribution < 1.29 is 9.31 Å². The van der Waals surface area contributed by atoms with Crippen molar-refractivity contribution in [3.8, 4) is 34.2 Å². The Balaban J connectivity index is 1.38. The van der Waals surface area contributed by atoms with Crippen LogP contribution in [-0.2, 0) is 9.31 Å². The summed E-state index contributed by atoms with van der Waals surface area (Å²) in [5.74, 6) is 2.00. The minimum Gasteiger partial charge on any atom is -0.400 e. The fourth-order valence-corrected chi connectivity index (χ4v) is 6.60. The van der Waals surface area contributed by atoms with Gasteiger partial charge in [-0.25, -0.2) is 15.0 Å². The van der Waals surface area contributed by atoms with Crippen molar-refractivity contribution in [2.75, 3.05) is 0 Å². The van der Waals surface area contributed by atoms with E-state index in [1.54, 1.807) is 0 Å². The Morgan fingerprint density at radius 2 is 1.25 bits per heavy atom. The summed E-state index contributed by atoms with van der Waals surface area (Å²) < 4.78 is 15.4. The number of rotatable bonds is 4. The lowest BCUT2D eigenvalue weighted by Crippen LogP contribution is -2.41. The van der Waals surface area contributed by atoms with Gasteiger partial charge < -0.3 is 9.31 Å². The maximum atomic E-state index is 6.47. The largest absolute Gasteiger partial charge is 0.492 e. The monoisotopic (exact) mass is 543 g/mol. The standard InChI is InChI=1S/C33H30BN3O2S/c1-32(2)33(3,4)39-34(38-32)26-17-11-16-24-25-20-23(18-19-27(25)40-28(24)26)31-36-29(21-12-7-5-8-13-21)35-30(37-31)22-14-9-6-10-15-22/h5-10,12-16,18-20H,11,17H2,1-4H3. The number of thiophene rings is 1. The van der Waals surface area contributed by atoms with Gasteiger partial charge in [0.05, 0.1) is 11.2 Å². The zero-order valence-corrected chi connectivity index (χ0v) is 24.0. The highest BCUT2D eigenvalue weighted by Gasteiger charge is 2.52. The molecule has 198 valence electrons. The molecule has 7 heteroatoms. The quantitative estimate of drug-likeness (QED) is 0.244. The van der Waals surface area contributed by atoms with Gasteiger partial charge in [-0.15, -0.1) is 11.3 Å². The average molecular weight is 544 g/mol. The molecule has 7 rings (SSSR count). The van der Waals surface area contributed by atoms with Gasteiger partial charge >= 0.3 is 7.12 Å². The lowest BCUT2D eigenvalue weighted by atomic mass is 9.74. The summed E-state index contributed by atoms with van der Waals surface area (Å²) in [4.78, 5) is 14.7. The molecule has 1 saturated heterocycles. The van der Waals surface area contributed by atoms with Gasteiger partial charge in [0.15, 0.2) is 17.5 Å². The van der Waals surface area contributed by atoms with E-state index < -0.39 is 0 Å². The van der Waals surface area contributed by atoms with Crippen LogP contribution < -0.4 is 9.75 Å². The number of hydrogen-bond donors (Lipinski definition) is 0. The molecule has 0 radical (unpaired) electrons. The topological polar surface area (TPSA) is 57.1 Å². The normalized spacial score (nSPS) is 17.6. The molecular formula is C33H30BN3O2S. The fraction of sp³-hybridized carbons (Fsp3) is 0.242. The zero-order chi connectivity index (χ0) is 27.5. The summed E-state index contributed by atoms with van der Waals surface area (Å²) in [6.07, 6.45) is 4.26. The van der Waals surface area contributed by atoms with E-state index in [4.69, 9.17) is 24.3 Å². The molecule has 0 bridgehead atoms. The summed E-state index contributed by atoms with van der Waals surface area (Å²) in [5.41, 5.74) is 3.43. The van der Waals surface area contributed by atoms with Crippen LogP contribution in [0.5, 0.6) is 0 Å². The Morgan fingerprint density at radius 1 is 0.700 bits per heavy atom. The van der Waals surface area contributed by atoms with Crippen LogP contribution in [0.25, 0.3) is 55.8 Å². The third-order valence-electron chi connectivity index (χ3n) is 8.28. The number of hydrogen-bond acceptors (Lipinski definition) is 6. The number of nitrogens with zero attached hydrogens (tertiary/aromatic N) is 3. The Kier molecular flexibility index (Phi) is 6.00. The smallest absolute Gasteiger partial charge is 0.400 e. The van der Waals surface area contributed by atoms with E-state index in [0.29, 0.717) is 17.5 Å². The molecule has 0 atom stereocenters. The van der Waals surface area contributed by atoms with E-state index in [1.165, 1.54) is 25.3 Å². The molecule has 40 heavy (non-hydrogen) atoms. The van der Waals surface area contributed by atoms with E-state index >= 15 is 0 Å². The molecule has 5 nitrogen and oxygen atoms in total. The Hall–Kier alpha value is -3.65. The number of aromatic nitrogens is 3. The number of benzene rings is 3. The zero-order valence-electron chi connectivity index (χ0n) is 23.1. The molecule has 2 aliphatic rings. The molecular weight excluding hydrogens is 513 g/mol. The molecule has 0 N–H and O–H groups in total. The van der Waals surface area contributed by atoms with Crippen molar-refractivity contribution in [1.82, 2.24) is 15.0 Å². The summed E-state index contributed by atoms with van der Waals surface area (Å²) in [5, 5.41) is 2.48. The molecule has 1 aliphatic carbocycles. The van der Waals surface area contributed by atoms with E-state index in [-0.39, 0.29) is 18.3 Å². The molecule has 0 amide bonds. The molecule has 0 spiro atoms. The second kappa shape index (κ2) is 9.48. The molecule has 5 aromatic rings. The van der Waals surface area contributed by atoms with Gasteiger partial charge in [0.25, 0.3) is 0 Å². The van der Waals surface area contributed by atoms with Gasteiger partial charge in [0.1, 0.15) is 0 Å². The van der Waals surface area contributed by atoms with Crippen LogP contribution in [0.2, 0.25) is 0 Å². The van der Waals surface area contributed by atoms with Gasteiger partial charge in [0, 0.05) is 31.3 Å². The molecule has 1 aliphatic heterocycles. The Morgan fingerprint density at radius 3 is 1.82 bits per heavy atom. The molecule has 0 unspecified atom stereocenters. The minimum absolute atomic E-state index is 0.324. The van der Waals surface area contributed by atoms with Gasteiger partial charge in [-0.1, -0.05) is 66.7 Å². The number of fused-ring (bicyclic) bond motifs is 3. The van der Waals surface area contributed by atoms with Crippen molar-refractivity contribution in [3.05, 3.63) is 88.6 Å². The van der Waals surface area contributed by atoms with Gasteiger partial charge in [-0.2, -0.15) is 0 Å². The highest BCUT2D eigenvalue weighted by molar-refractivity contribution is 7.17. The van der Waals surface area contributed by atoms with Crippen molar-refractivity contribution in [2.24, 2.45) is 0 Å². The lowest BCUT2D eigenvalue weighted by Gasteiger charge is -2.32. The first kappa shape index (κ1) is 25.3. The Labute approximate surface area is 238 Å². The highest BCUT2D eigenvalue weighted by Crippen LogP contribution is 2.40. The van der Waals surface area contributed by atoms with Gasteiger partial charge in [-0.05, 0) is 69.4 Å². The first-order chi connectivity index (χ1) is 19.3. The van der Waals surface area contributed by atoms with Crippen molar-refractivity contribution in [3.63, 3.8) is 0 Å². The second-order valence-corrected chi connectivity index (χ2v) is 12.5. The molecule has 0 saturated carbocycles. The summed E-state index contributed by atoms with van der Waals surface area (Å²) >= 11 is 1.82. The first-order valence-electron chi connectivity index (χ1n) is 13.8. The minimum atomic E-state index is -0.360. The lowest BCUT2D eigenvalue weighted by molar-refractivity contribution is 0.00578. The van der Waals surface area contributed by atoms with Crippen LogP contribution in [-0.4, -0.2) is 33.3 Å². The van der Waals surface area contributed by atoms with E-state index in [0.717, 1.165) is 29.5 Å². The van der Waals surface area contributed by atoms with Crippen LogP contribution in [0.4, 0.5) is 0 Å². The average Bonchev–Trinajstić information content (AvgIpc) is 3.45. The van der Waals surface area contributed by atoms with Gasteiger partial charge in [0.2, 0.25) is 0 Å². The first-order valence-corrected chi connectivity index (χ1v) is 14.6. The predicted octanol–water partition coefficient (Wildman–Crippen LogP) is 6.44. The van der Waals surface area contributed by atoms with Gasteiger partial charge in [-0.3, -0.25) is 0 Å². The van der Waals surface area contributed by atoms with E-state index in [1.807, 2.05) is 72.0 Å². The maximum Gasteiger partial charge on any atom is 0.492 e. The van der Waals surface area contributed by atoms with Crippen LogP contribution in [0.3, 0.4) is 0 Å². The third kappa shape index (κ3) is 4.29. The molecule has 2 aromatic heterocycles. The van der Waals surface area contributed by atoms with E-state index in [9.17, 15) is 0 Å².